The van der Waals surface area contributed by atoms with Gasteiger partial charge in [-0.3, -0.25) is 4.79 Å². The molecule has 0 aromatic heterocycles. The molecular formula is C17H17F2NO4. The summed E-state index contributed by atoms with van der Waals surface area (Å²) in [4.78, 5) is 12.1. The van der Waals surface area contributed by atoms with Crippen molar-refractivity contribution in [2.75, 3.05) is 19.5 Å². The second kappa shape index (κ2) is 8.14. The number of benzene rings is 2. The molecule has 1 N–H and O–H groups in total. The molecule has 0 heterocycles. The zero-order valence-electron chi connectivity index (χ0n) is 13.2. The third-order valence-electron chi connectivity index (χ3n) is 3.18. The monoisotopic (exact) mass is 337 g/mol. The lowest BCUT2D eigenvalue weighted by Gasteiger charge is -2.10. The van der Waals surface area contributed by atoms with Gasteiger partial charge < -0.3 is 19.5 Å². The van der Waals surface area contributed by atoms with Crippen molar-refractivity contribution in [1.82, 2.24) is 0 Å². The number of ether oxygens (including phenoxy) is 3. The van der Waals surface area contributed by atoms with Crippen LogP contribution in [-0.4, -0.2) is 26.7 Å². The van der Waals surface area contributed by atoms with Crippen LogP contribution in [0.25, 0.3) is 0 Å². The highest BCUT2D eigenvalue weighted by Gasteiger charge is 2.09. The first-order valence-electron chi connectivity index (χ1n) is 7.07. The summed E-state index contributed by atoms with van der Waals surface area (Å²) in [6.45, 7) is -2.88. The lowest BCUT2D eigenvalue weighted by molar-refractivity contribution is -0.115. The Morgan fingerprint density at radius 1 is 1.04 bits per heavy atom. The topological polar surface area (TPSA) is 56.8 Å². The van der Waals surface area contributed by atoms with Crippen molar-refractivity contribution < 1.29 is 27.8 Å². The summed E-state index contributed by atoms with van der Waals surface area (Å²) < 4.78 is 38.7. The van der Waals surface area contributed by atoms with Gasteiger partial charge in [-0.25, -0.2) is 0 Å². The second-order valence-corrected chi connectivity index (χ2v) is 4.82. The molecule has 0 bridgehead atoms. The fraction of sp³-hybridized carbons (Fsp3) is 0.235. The molecule has 24 heavy (non-hydrogen) atoms. The van der Waals surface area contributed by atoms with E-state index in [4.69, 9.17) is 9.47 Å². The van der Waals surface area contributed by atoms with Crippen LogP contribution in [-0.2, 0) is 11.2 Å². The molecule has 0 fully saturated rings. The lowest BCUT2D eigenvalue weighted by Crippen LogP contribution is -2.14. The number of hydrogen-bond acceptors (Lipinski definition) is 4. The highest BCUT2D eigenvalue weighted by Crippen LogP contribution is 2.27. The first-order valence-corrected chi connectivity index (χ1v) is 7.07. The predicted molar refractivity (Wildman–Crippen MR) is 85.0 cm³/mol. The van der Waals surface area contributed by atoms with Crippen LogP contribution in [0, 0.1) is 0 Å². The van der Waals surface area contributed by atoms with E-state index in [1.54, 1.807) is 18.2 Å². The zero-order valence-corrected chi connectivity index (χ0v) is 13.2. The van der Waals surface area contributed by atoms with Crippen LogP contribution >= 0.6 is 0 Å². The predicted octanol–water partition coefficient (Wildman–Crippen LogP) is 3.49. The molecule has 2 aromatic rings. The molecule has 7 heteroatoms. The van der Waals surface area contributed by atoms with Crippen molar-refractivity contribution in [2.45, 2.75) is 13.0 Å². The van der Waals surface area contributed by atoms with Crippen LogP contribution in [0.3, 0.4) is 0 Å². The smallest absolute Gasteiger partial charge is 0.387 e. The van der Waals surface area contributed by atoms with Gasteiger partial charge in [-0.1, -0.05) is 6.07 Å². The van der Waals surface area contributed by atoms with E-state index in [1.165, 1.54) is 38.5 Å². The average Bonchev–Trinajstić information content (AvgIpc) is 2.56. The van der Waals surface area contributed by atoms with Crippen LogP contribution in [0.15, 0.2) is 42.5 Å². The number of carbonyl (C=O) groups excluding carboxylic acids is 1. The quantitative estimate of drug-likeness (QED) is 0.840. The summed E-state index contributed by atoms with van der Waals surface area (Å²) in [5, 5.41) is 2.68. The zero-order chi connectivity index (χ0) is 17.5. The number of rotatable bonds is 7. The lowest BCUT2D eigenvalue weighted by atomic mass is 10.1. The van der Waals surface area contributed by atoms with Gasteiger partial charge >= 0.3 is 6.61 Å². The summed E-state index contributed by atoms with van der Waals surface area (Å²) in [6.07, 6.45) is 0.135. The summed E-state index contributed by atoms with van der Waals surface area (Å²) >= 11 is 0. The maximum absolute atomic E-state index is 12.1. The SMILES string of the molecule is COc1ccc(CC(=O)Nc2ccc(OC(F)F)cc2)cc1OC. The number of amides is 1. The van der Waals surface area contributed by atoms with Gasteiger partial charge in [0.2, 0.25) is 5.91 Å². The van der Waals surface area contributed by atoms with Crippen LogP contribution in [0.2, 0.25) is 0 Å². The van der Waals surface area contributed by atoms with Crippen LogP contribution < -0.4 is 19.5 Å². The first kappa shape index (κ1) is 17.5. The van der Waals surface area contributed by atoms with Gasteiger partial charge in [0.15, 0.2) is 11.5 Å². The molecule has 1 amide bonds. The Morgan fingerprint density at radius 3 is 2.29 bits per heavy atom. The minimum Gasteiger partial charge on any atom is -0.493 e. The number of hydrogen-bond donors (Lipinski definition) is 1. The minimum absolute atomic E-state index is 0.0305. The van der Waals surface area contributed by atoms with Gasteiger partial charge in [-0.2, -0.15) is 8.78 Å². The Bertz CT molecular complexity index is 689. The number of nitrogens with one attached hydrogen (secondary N) is 1. The summed E-state index contributed by atoms with van der Waals surface area (Å²) in [6, 6.07) is 10.9. The molecule has 0 unspecified atom stereocenters. The van der Waals surface area contributed by atoms with Crippen LogP contribution in [0.5, 0.6) is 17.2 Å². The van der Waals surface area contributed by atoms with E-state index in [0.717, 1.165) is 5.56 Å². The van der Waals surface area contributed by atoms with Crippen molar-refractivity contribution in [3.8, 4) is 17.2 Å². The molecule has 0 aliphatic heterocycles. The number of carbonyl (C=O) groups is 1. The molecule has 0 aliphatic carbocycles. The number of anilines is 1. The molecule has 0 aliphatic rings. The third-order valence-corrected chi connectivity index (χ3v) is 3.18. The maximum atomic E-state index is 12.1. The first-order chi connectivity index (χ1) is 11.5. The normalized spacial score (nSPS) is 10.4. The standard InChI is InChI=1S/C17H17F2NO4/c1-22-14-8-3-11(9-15(14)23-2)10-16(21)20-12-4-6-13(7-5-12)24-17(18)19/h3-9,17H,10H2,1-2H3,(H,20,21). The Balaban J connectivity index is 1.98. The minimum atomic E-state index is -2.88. The number of halogens is 2. The molecule has 2 aromatic carbocycles. The average molecular weight is 337 g/mol. The molecule has 0 saturated carbocycles. The molecule has 2 rings (SSSR count). The van der Waals surface area contributed by atoms with Crippen molar-refractivity contribution in [3.63, 3.8) is 0 Å². The Labute approximate surface area is 138 Å². The molecule has 5 nitrogen and oxygen atoms in total. The van der Waals surface area contributed by atoms with Crippen LogP contribution in [0.4, 0.5) is 14.5 Å². The van der Waals surface area contributed by atoms with Crippen LogP contribution in [0.1, 0.15) is 5.56 Å². The molecular weight excluding hydrogens is 320 g/mol. The van der Waals surface area contributed by atoms with Gasteiger partial charge in [0.1, 0.15) is 5.75 Å². The van der Waals surface area contributed by atoms with E-state index in [1.807, 2.05) is 0 Å². The van der Waals surface area contributed by atoms with E-state index >= 15 is 0 Å². The fourth-order valence-corrected chi connectivity index (χ4v) is 2.10. The Morgan fingerprint density at radius 2 is 1.71 bits per heavy atom. The number of alkyl halides is 2. The van der Waals surface area contributed by atoms with Crippen molar-refractivity contribution in [2.24, 2.45) is 0 Å². The highest BCUT2D eigenvalue weighted by atomic mass is 19.3. The van der Waals surface area contributed by atoms with E-state index in [0.29, 0.717) is 17.2 Å². The van der Waals surface area contributed by atoms with E-state index < -0.39 is 6.61 Å². The molecule has 0 atom stereocenters. The van der Waals surface area contributed by atoms with Gasteiger partial charge in [0, 0.05) is 5.69 Å². The summed E-state index contributed by atoms with van der Waals surface area (Å²) in [5.74, 6) is 0.903. The second-order valence-electron chi connectivity index (χ2n) is 4.82. The summed E-state index contributed by atoms with van der Waals surface area (Å²) in [5.41, 5.74) is 1.24. The third kappa shape index (κ3) is 4.84. The number of methoxy groups -OCH3 is 2. The van der Waals surface area contributed by atoms with E-state index in [9.17, 15) is 13.6 Å². The molecule has 0 spiro atoms. The summed E-state index contributed by atoms with van der Waals surface area (Å²) in [7, 11) is 3.05. The van der Waals surface area contributed by atoms with Gasteiger partial charge in [0.25, 0.3) is 0 Å². The molecule has 0 radical (unpaired) electrons. The maximum Gasteiger partial charge on any atom is 0.387 e. The largest absolute Gasteiger partial charge is 0.493 e. The van der Waals surface area contributed by atoms with Gasteiger partial charge in [0.05, 0.1) is 20.6 Å². The Hall–Kier alpha value is -2.83. The van der Waals surface area contributed by atoms with Gasteiger partial charge in [-0.15, -0.1) is 0 Å². The highest BCUT2D eigenvalue weighted by molar-refractivity contribution is 5.92. The van der Waals surface area contributed by atoms with Crippen molar-refractivity contribution in [1.29, 1.82) is 0 Å². The Kier molecular flexibility index (Phi) is 5.95. The van der Waals surface area contributed by atoms with E-state index in [2.05, 4.69) is 10.1 Å². The van der Waals surface area contributed by atoms with E-state index in [-0.39, 0.29) is 18.1 Å². The fourth-order valence-electron chi connectivity index (χ4n) is 2.10. The molecule has 0 saturated heterocycles. The van der Waals surface area contributed by atoms with Crippen molar-refractivity contribution in [3.05, 3.63) is 48.0 Å². The van der Waals surface area contributed by atoms with Crippen molar-refractivity contribution >= 4 is 11.6 Å². The van der Waals surface area contributed by atoms with Gasteiger partial charge in [-0.05, 0) is 42.0 Å². The molecule has 128 valence electrons.